The summed E-state index contributed by atoms with van der Waals surface area (Å²) < 4.78 is 1.60. The summed E-state index contributed by atoms with van der Waals surface area (Å²) in [4.78, 5) is 40.4. The van der Waals surface area contributed by atoms with Crippen LogP contribution in [0.3, 0.4) is 0 Å². The maximum Gasteiger partial charge on any atom is 0.267 e. The Labute approximate surface area is 164 Å². The number of nitrogens with one attached hydrogen (secondary N) is 1. The van der Waals surface area contributed by atoms with Crippen molar-refractivity contribution in [3.8, 4) is 0 Å². The molecular weight excluding hydrogens is 358 g/mol. The van der Waals surface area contributed by atoms with Gasteiger partial charge in [0.1, 0.15) is 0 Å². The molecule has 2 amide bonds. The number of carbonyl (C=O) groups is 2. The first-order chi connectivity index (χ1) is 13.6. The Morgan fingerprint density at radius 3 is 2.61 bits per heavy atom. The predicted octanol–water partition coefficient (Wildman–Crippen LogP) is -0.207. The van der Waals surface area contributed by atoms with Crippen LogP contribution in [0.2, 0.25) is 0 Å². The Hall–Kier alpha value is -2.22. The molecule has 1 atom stereocenters. The van der Waals surface area contributed by atoms with E-state index in [1.165, 1.54) is 0 Å². The molecule has 28 heavy (non-hydrogen) atoms. The van der Waals surface area contributed by atoms with Crippen LogP contribution in [0.4, 0.5) is 0 Å². The topological polar surface area (TPSA) is 87.5 Å². The Morgan fingerprint density at radius 1 is 1.07 bits per heavy atom. The van der Waals surface area contributed by atoms with E-state index in [9.17, 15) is 14.4 Å². The van der Waals surface area contributed by atoms with Crippen LogP contribution in [0.25, 0.3) is 0 Å². The number of fused-ring (bicyclic) bond motifs is 1. The second kappa shape index (κ2) is 8.43. The monoisotopic (exact) mass is 387 g/mol. The van der Waals surface area contributed by atoms with Gasteiger partial charge in [-0.1, -0.05) is 0 Å². The Kier molecular flexibility index (Phi) is 5.75. The van der Waals surface area contributed by atoms with Crippen molar-refractivity contribution in [3.63, 3.8) is 0 Å². The maximum atomic E-state index is 12.6. The summed E-state index contributed by atoms with van der Waals surface area (Å²) in [5.74, 6) is 0.120. The highest BCUT2D eigenvalue weighted by molar-refractivity contribution is 5.83. The summed E-state index contributed by atoms with van der Waals surface area (Å²) in [5.41, 5.74) is 2.20. The third-order valence-corrected chi connectivity index (χ3v) is 6.20. The first-order valence-corrected chi connectivity index (χ1v) is 10.5. The van der Waals surface area contributed by atoms with Crippen molar-refractivity contribution in [2.24, 2.45) is 5.92 Å². The van der Waals surface area contributed by atoms with Crippen molar-refractivity contribution < 1.29 is 9.59 Å². The molecule has 0 bridgehead atoms. The van der Waals surface area contributed by atoms with Gasteiger partial charge in [0.05, 0.1) is 18.2 Å². The van der Waals surface area contributed by atoms with Gasteiger partial charge in [0.2, 0.25) is 11.8 Å². The molecule has 2 fully saturated rings. The highest BCUT2D eigenvalue weighted by Crippen LogP contribution is 2.17. The lowest BCUT2D eigenvalue weighted by atomic mass is 9.97. The summed E-state index contributed by atoms with van der Waals surface area (Å²) in [5, 5.41) is 7.38. The van der Waals surface area contributed by atoms with Crippen molar-refractivity contribution >= 4 is 11.8 Å². The molecule has 1 N–H and O–H groups in total. The molecule has 4 rings (SSSR count). The summed E-state index contributed by atoms with van der Waals surface area (Å²) >= 11 is 0. The Bertz CT molecular complexity index is 788. The van der Waals surface area contributed by atoms with Crippen LogP contribution in [0, 0.1) is 5.92 Å². The number of hydrogen-bond acceptors (Lipinski definition) is 5. The lowest BCUT2D eigenvalue weighted by Gasteiger charge is -2.37. The van der Waals surface area contributed by atoms with Gasteiger partial charge in [0, 0.05) is 51.8 Å². The van der Waals surface area contributed by atoms with Crippen LogP contribution in [-0.4, -0.2) is 70.7 Å². The largest absolute Gasteiger partial charge is 0.355 e. The molecule has 2 aliphatic heterocycles. The Morgan fingerprint density at radius 2 is 1.86 bits per heavy atom. The van der Waals surface area contributed by atoms with Crippen molar-refractivity contribution in [2.75, 3.05) is 39.3 Å². The molecule has 1 aliphatic carbocycles. The third-order valence-electron chi connectivity index (χ3n) is 6.20. The SMILES string of the molecule is O=C1CCC(C(=O)N2CCN(CCn3nc4c(cc3=O)CCCC4)CC2)CN1. The second-order valence-electron chi connectivity index (χ2n) is 8.09. The minimum atomic E-state index is -0.0810. The number of piperazine rings is 1. The molecule has 0 radical (unpaired) electrons. The van der Waals surface area contributed by atoms with Gasteiger partial charge < -0.3 is 10.2 Å². The zero-order valence-electron chi connectivity index (χ0n) is 16.4. The van der Waals surface area contributed by atoms with Gasteiger partial charge in [-0.2, -0.15) is 5.10 Å². The summed E-state index contributed by atoms with van der Waals surface area (Å²) in [6.45, 7) is 4.85. The number of piperidine rings is 1. The number of rotatable bonds is 4. The number of aromatic nitrogens is 2. The van der Waals surface area contributed by atoms with Crippen molar-refractivity contribution in [3.05, 3.63) is 27.7 Å². The van der Waals surface area contributed by atoms with Crippen LogP contribution in [0.15, 0.2) is 10.9 Å². The average Bonchev–Trinajstić information content (AvgIpc) is 2.72. The van der Waals surface area contributed by atoms with Crippen molar-refractivity contribution in [2.45, 2.75) is 45.1 Å². The molecule has 0 saturated carbocycles. The van der Waals surface area contributed by atoms with Gasteiger partial charge in [-0.15, -0.1) is 0 Å². The van der Waals surface area contributed by atoms with Crippen molar-refractivity contribution in [1.82, 2.24) is 24.9 Å². The maximum absolute atomic E-state index is 12.6. The molecule has 0 aromatic carbocycles. The van der Waals surface area contributed by atoms with Gasteiger partial charge in [-0.3, -0.25) is 19.3 Å². The van der Waals surface area contributed by atoms with Gasteiger partial charge in [-0.25, -0.2) is 4.68 Å². The minimum absolute atomic E-state index is 0.00573. The zero-order valence-corrected chi connectivity index (χ0v) is 16.4. The van der Waals surface area contributed by atoms with E-state index in [1.54, 1.807) is 10.7 Å². The van der Waals surface area contributed by atoms with E-state index in [1.807, 2.05) is 4.90 Å². The quantitative estimate of drug-likeness (QED) is 0.773. The lowest BCUT2D eigenvalue weighted by molar-refractivity contribution is -0.139. The minimum Gasteiger partial charge on any atom is -0.355 e. The summed E-state index contributed by atoms with van der Waals surface area (Å²) in [6.07, 6.45) is 5.33. The number of aryl methyl sites for hydroxylation is 2. The first kappa shape index (κ1) is 19.1. The van der Waals surface area contributed by atoms with Crippen LogP contribution in [-0.2, 0) is 29.0 Å². The van der Waals surface area contributed by atoms with Crippen LogP contribution < -0.4 is 10.9 Å². The first-order valence-electron chi connectivity index (χ1n) is 10.5. The molecule has 1 unspecified atom stereocenters. The van der Waals surface area contributed by atoms with Crippen LogP contribution in [0.5, 0.6) is 0 Å². The van der Waals surface area contributed by atoms with Gasteiger partial charge in [-0.05, 0) is 37.7 Å². The molecule has 1 aromatic heterocycles. The van der Waals surface area contributed by atoms with E-state index < -0.39 is 0 Å². The zero-order chi connectivity index (χ0) is 19.5. The van der Waals surface area contributed by atoms with E-state index in [2.05, 4.69) is 15.3 Å². The third kappa shape index (κ3) is 4.27. The standard InChI is InChI=1S/C20H29N5O3/c26-18-6-5-16(14-21-18)20(28)24-10-7-23(8-11-24)9-12-25-19(27)13-15-3-1-2-4-17(15)22-25/h13,16H,1-12,14H2,(H,21,26). The fourth-order valence-corrected chi connectivity index (χ4v) is 4.39. The van der Waals surface area contributed by atoms with E-state index >= 15 is 0 Å². The van der Waals surface area contributed by atoms with E-state index in [-0.39, 0.29) is 23.3 Å². The molecule has 3 aliphatic rings. The van der Waals surface area contributed by atoms with Crippen LogP contribution in [0.1, 0.15) is 36.9 Å². The average molecular weight is 387 g/mol. The highest BCUT2D eigenvalue weighted by atomic mass is 16.2. The number of carbonyl (C=O) groups excluding carboxylic acids is 2. The number of hydrogen-bond donors (Lipinski definition) is 1. The molecule has 3 heterocycles. The molecule has 2 saturated heterocycles. The molecule has 0 spiro atoms. The fraction of sp³-hybridized carbons (Fsp3) is 0.700. The molecular formula is C20H29N5O3. The van der Waals surface area contributed by atoms with E-state index in [0.717, 1.165) is 56.6 Å². The number of amides is 2. The fourth-order valence-electron chi connectivity index (χ4n) is 4.39. The number of nitrogens with zero attached hydrogens (tertiary/aromatic N) is 4. The van der Waals surface area contributed by atoms with Gasteiger partial charge in [0.15, 0.2) is 0 Å². The summed E-state index contributed by atoms with van der Waals surface area (Å²) in [6, 6.07) is 1.76. The van der Waals surface area contributed by atoms with Gasteiger partial charge >= 0.3 is 0 Å². The van der Waals surface area contributed by atoms with E-state index in [4.69, 9.17) is 0 Å². The van der Waals surface area contributed by atoms with E-state index in [0.29, 0.717) is 39.0 Å². The van der Waals surface area contributed by atoms with Gasteiger partial charge in [0.25, 0.3) is 5.56 Å². The molecule has 1 aromatic rings. The second-order valence-corrected chi connectivity index (χ2v) is 8.09. The molecule has 8 heteroatoms. The molecule has 152 valence electrons. The smallest absolute Gasteiger partial charge is 0.267 e. The Balaban J connectivity index is 1.26. The lowest BCUT2D eigenvalue weighted by Crippen LogP contribution is -2.53. The summed E-state index contributed by atoms with van der Waals surface area (Å²) in [7, 11) is 0. The predicted molar refractivity (Wildman–Crippen MR) is 104 cm³/mol. The van der Waals surface area contributed by atoms with Crippen LogP contribution >= 0.6 is 0 Å². The molecule has 8 nitrogen and oxygen atoms in total. The van der Waals surface area contributed by atoms with Crippen molar-refractivity contribution in [1.29, 1.82) is 0 Å². The normalized spacial score (nSPS) is 23.2. The highest BCUT2D eigenvalue weighted by Gasteiger charge is 2.30.